The molecule has 0 aliphatic rings. The fourth-order valence-corrected chi connectivity index (χ4v) is 3.83. The largest absolute Gasteiger partial charge is 0.395 e. The molecule has 1 aromatic rings. The Morgan fingerprint density at radius 2 is 1.59 bits per heavy atom. The van der Waals surface area contributed by atoms with Crippen molar-refractivity contribution in [2.45, 2.75) is 57.3 Å². The van der Waals surface area contributed by atoms with Gasteiger partial charge in [0.25, 0.3) is 0 Å². The van der Waals surface area contributed by atoms with E-state index in [-0.39, 0.29) is 13.2 Å². The van der Waals surface area contributed by atoms with E-state index in [1.807, 2.05) is 12.1 Å². The molecule has 0 aliphatic carbocycles. The molecule has 0 bridgehead atoms. The van der Waals surface area contributed by atoms with Gasteiger partial charge < -0.3 is 5.11 Å². The third-order valence-corrected chi connectivity index (χ3v) is 5.65. The molecule has 1 N–H and O–H groups in total. The zero-order valence-electron chi connectivity index (χ0n) is 13.8. The molecule has 0 fully saturated rings. The van der Waals surface area contributed by atoms with Crippen LogP contribution in [0, 0.1) is 0 Å². The Bertz CT molecular complexity index is 511. The van der Waals surface area contributed by atoms with Crippen LogP contribution in [0.4, 0.5) is 0 Å². The Kier molecular flexibility index (Phi) is 8.68. The molecule has 5 heteroatoms. The van der Waals surface area contributed by atoms with E-state index in [9.17, 15) is 8.42 Å². The van der Waals surface area contributed by atoms with E-state index in [1.165, 1.54) is 9.87 Å². The van der Waals surface area contributed by atoms with E-state index in [2.05, 4.69) is 13.8 Å². The summed E-state index contributed by atoms with van der Waals surface area (Å²) < 4.78 is 26.7. The molecule has 0 amide bonds. The van der Waals surface area contributed by atoms with Crippen LogP contribution in [0.2, 0.25) is 0 Å². The lowest BCUT2D eigenvalue weighted by molar-refractivity contribution is 0.252. The van der Waals surface area contributed by atoms with Crippen molar-refractivity contribution >= 4 is 10.0 Å². The van der Waals surface area contributed by atoms with Gasteiger partial charge in [0.1, 0.15) is 0 Å². The fourth-order valence-electron chi connectivity index (χ4n) is 2.36. The summed E-state index contributed by atoms with van der Waals surface area (Å²) >= 11 is 0. The summed E-state index contributed by atoms with van der Waals surface area (Å²) in [5.41, 5.74) is 1.17. The van der Waals surface area contributed by atoms with Gasteiger partial charge in [-0.05, 0) is 37.0 Å². The number of sulfonamides is 1. The monoisotopic (exact) mass is 327 g/mol. The number of hydrogen-bond donors (Lipinski definition) is 1. The van der Waals surface area contributed by atoms with Crippen molar-refractivity contribution in [2.24, 2.45) is 0 Å². The average Bonchev–Trinajstić information content (AvgIpc) is 2.52. The Balaban J connectivity index is 2.84. The average molecular weight is 327 g/mol. The minimum Gasteiger partial charge on any atom is -0.395 e. The van der Waals surface area contributed by atoms with Gasteiger partial charge in [-0.1, -0.05) is 45.2 Å². The van der Waals surface area contributed by atoms with Crippen LogP contribution in [-0.4, -0.2) is 37.5 Å². The third-order valence-electron chi connectivity index (χ3n) is 3.74. The molecule has 0 radical (unpaired) electrons. The van der Waals surface area contributed by atoms with Gasteiger partial charge in [-0.25, -0.2) is 8.42 Å². The number of nitrogens with zero attached hydrogens (tertiary/aromatic N) is 1. The Morgan fingerprint density at radius 3 is 2.14 bits per heavy atom. The number of benzene rings is 1. The smallest absolute Gasteiger partial charge is 0.243 e. The molecule has 0 aliphatic heterocycles. The van der Waals surface area contributed by atoms with E-state index < -0.39 is 10.0 Å². The minimum absolute atomic E-state index is 0.153. The second-order valence-corrected chi connectivity index (χ2v) is 7.52. The van der Waals surface area contributed by atoms with Crippen molar-refractivity contribution in [3.63, 3.8) is 0 Å². The van der Waals surface area contributed by atoms with Crippen molar-refractivity contribution in [3.8, 4) is 0 Å². The Labute approximate surface area is 135 Å². The van der Waals surface area contributed by atoms with E-state index in [0.29, 0.717) is 11.4 Å². The van der Waals surface area contributed by atoms with Crippen molar-refractivity contribution in [1.82, 2.24) is 4.31 Å². The van der Waals surface area contributed by atoms with Crippen LogP contribution >= 0.6 is 0 Å². The molecule has 4 nitrogen and oxygen atoms in total. The lowest BCUT2D eigenvalue weighted by atomic mass is 10.1. The van der Waals surface area contributed by atoms with Gasteiger partial charge in [-0.15, -0.1) is 0 Å². The van der Waals surface area contributed by atoms with Gasteiger partial charge in [-0.3, -0.25) is 0 Å². The predicted molar refractivity (Wildman–Crippen MR) is 90.4 cm³/mol. The van der Waals surface area contributed by atoms with Gasteiger partial charge in [-0.2, -0.15) is 4.31 Å². The van der Waals surface area contributed by atoms with Crippen molar-refractivity contribution in [1.29, 1.82) is 0 Å². The molecule has 1 rings (SSSR count). The summed E-state index contributed by atoms with van der Waals surface area (Å²) in [6.45, 7) is 4.69. The first-order chi connectivity index (χ1) is 10.6. The molecule has 0 unspecified atom stereocenters. The van der Waals surface area contributed by atoms with Crippen molar-refractivity contribution in [3.05, 3.63) is 29.8 Å². The number of aliphatic hydroxyl groups excluding tert-OH is 1. The molecule has 0 aromatic heterocycles. The topological polar surface area (TPSA) is 57.6 Å². The normalized spacial score (nSPS) is 12.0. The van der Waals surface area contributed by atoms with Gasteiger partial charge in [0.05, 0.1) is 11.5 Å². The highest BCUT2D eigenvalue weighted by atomic mass is 32.2. The van der Waals surface area contributed by atoms with Crippen LogP contribution in [0.5, 0.6) is 0 Å². The van der Waals surface area contributed by atoms with Crippen LogP contribution in [0.1, 0.15) is 51.5 Å². The van der Waals surface area contributed by atoms with E-state index in [1.54, 1.807) is 12.1 Å². The van der Waals surface area contributed by atoms with Gasteiger partial charge in [0.2, 0.25) is 10.0 Å². The Morgan fingerprint density at radius 1 is 0.955 bits per heavy atom. The standard InChI is InChI=1S/C17H29NO3S/c1-3-5-7-13-18(14-15-19)22(20,21)17-11-9-16(10-12-17)8-6-4-2/h9-12,19H,3-8,13-15H2,1-2H3. The first-order valence-corrected chi connectivity index (χ1v) is 9.70. The first-order valence-electron chi connectivity index (χ1n) is 8.26. The summed E-state index contributed by atoms with van der Waals surface area (Å²) in [7, 11) is -3.51. The van der Waals surface area contributed by atoms with Crippen LogP contribution in [0.15, 0.2) is 29.2 Å². The molecular weight excluding hydrogens is 298 g/mol. The van der Waals surface area contributed by atoms with Gasteiger partial charge in [0, 0.05) is 13.1 Å². The number of hydrogen-bond acceptors (Lipinski definition) is 3. The van der Waals surface area contributed by atoms with Crippen molar-refractivity contribution < 1.29 is 13.5 Å². The van der Waals surface area contributed by atoms with Crippen molar-refractivity contribution in [2.75, 3.05) is 19.7 Å². The molecule has 1 aromatic carbocycles. The molecule has 126 valence electrons. The molecule has 0 saturated heterocycles. The molecule has 0 spiro atoms. The summed E-state index contributed by atoms with van der Waals surface area (Å²) in [5, 5.41) is 9.14. The lowest BCUT2D eigenvalue weighted by Gasteiger charge is -2.21. The number of aliphatic hydroxyl groups is 1. The number of aryl methyl sites for hydroxylation is 1. The van der Waals surface area contributed by atoms with E-state index in [4.69, 9.17) is 5.11 Å². The SMILES string of the molecule is CCCCCN(CCO)S(=O)(=O)c1ccc(CCCC)cc1. The second kappa shape index (κ2) is 9.98. The highest BCUT2D eigenvalue weighted by Gasteiger charge is 2.23. The Hall–Kier alpha value is -0.910. The highest BCUT2D eigenvalue weighted by Crippen LogP contribution is 2.18. The fraction of sp³-hybridized carbons (Fsp3) is 0.647. The van der Waals surface area contributed by atoms with Crippen LogP contribution in [0.25, 0.3) is 0 Å². The van der Waals surface area contributed by atoms with Gasteiger partial charge in [0.15, 0.2) is 0 Å². The molecule has 22 heavy (non-hydrogen) atoms. The zero-order valence-corrected chi connectivity index (χ0v) is 14.6. The summed E-state index contributed by atoms with van der Waals surface area (Å²) in [6, 6.07) is 7.16. The zero-order chi connectivity index (χ0) is 16.4. The molecular formula is C17H29NO3S. The molecule has 0 heterocycles. The molecule has 0 atom stereocenters. The maximum atomic E-state index is 12.7. The number of rotatable bonds is 11. The molecule has 0 saturated carbocycles. The third kappa shape index (κ3) is 5.71. The quantitative estimate of drug-likeness (QED) is 0.635. The van der Waals surface area contributed by atoms with E-state index in [0.717, 1.165) is 38.5 Å². The number of unbranched alkanes of at least 4 members (excludes halogenated alkanes) is 3. The predicted octanol–water partition coefficient (Wildman–Crippen LogP) is 3.20. The minimum atomic E-state index is -3.51. The second-order valence-electron chi connectivity index (χ2n) is 5.58. The summed E-state index contributed by atoms with van der Waals surface area (Å²) in [5.74, 6) is 0. The van der Waals surface area contributed by atoms with Crippen LogP contribution < -0.4 is 0 Å². The first kappa shape index (κ1) is 19.1. The maximum absolute atomic E-state index is 12.7. The van der Waals surface area contributed by atoms with E-state index >= 15 is 0 Å². The van der Waals surface area contributed by atoms with Gasteiger partial charge >= 0.3 is 0 Å². The van der Waals surface area contributed by atoms with Crippen LogP contribution in [0.3, 0.4) is 0 Å². The summed E-state index contributed by atoms with van der Waals surface area (Å²) in [6.07, 6.45) is 6.08. The van der Waals surface area contributed by atoms with Crippen LogP contribution in [-0.2, 0) is 16.4 Å². The highest BCUT2D eigenvalue weighted by molar-refractivity contribution is 7.89. The lowest BCUT2D eigenvalue weighted by Crippen LogP contribution is -2.34. The maximum Gasteiger partial charge on any atom is 0.243 e. The summed E-state index contributed by atoms with van der Waals surface area (Å²) in [4.78, 5) is 0.317.